The van der Waals surface area contributed by atoms with Gasteiger partial charge in [0, 0.05) is 6.54 Å². The van der Waals surface area contributed by atoms with Crippen LogP contribution in [0.5, 0.6) is 6.08 Å². The highest BCUT2D eigenvalue weighted by molar-refractivity contribution is 5.76. The van der Waals surface area contributed by atoms with E-state index in [1.54, 1.807) is 0 Å². The monoisotopic (exact) mass is 192 g/mol. The molecule has 0 saturated heterocycles. The first kappa shape index (κ1) is 9.02. The summed E-state index contributed by atoms with van der Waals surface area (Å²) in [5.74, 6) is 0. The van der Waals surface area contributed by atoms with Gasteiger partial charge >= 0.3 is 6.08 Å². The number of nitrogens with zero attached hydrogens (tertiary/aromatic N) is 1. The van der Waals surface area contributed by atoms with Crippen LogP contribution in [0.4, 0.5) is 0 Å². The molecule has 1 heterocycles. The highest BCUT2D eigenvalue weighted by Gasteiger charge is 2.08. The number of fused-ring (bicyclic) bond motifs is 1. The van der Waals surface area contributed by atoms with E-state index in [1.807, 2.05) is 25.1 Å². The Balaban J connectivity index is 2.52. The predicted molar refractivity (Wildman–Crippen MR) is 53.1 cm³/mol. The van der Waals surface area contributed by atoms with Crippen LogP contribution in [0.25, 0.3) is 11.1 Å². The molecule has 0 radical (unpaired) electrons. The lowest BCUT2D eigenvalue weighted by Gasteiger charge is -1.93. The van der Waals surface area contributed by atoms with Crippen LogP contribution in [0.1, 0.15) is 12.5 Å². The summed E-state index contributed by atoms with van der Waals surface area (Å²) in [5, 5.41) is 0. The Hall–Kier alpha value is -1.55. The zero-order valence-corrected chi connectivity index (χ0v) is 7.99. The van der Waals surface area contributed by atoms with Crippen LogP contribution in [-0.2, 0) is 6.54 Å². The lowest BCUT2D eigenvalue weighted by atomic mass is 10.2. The number of ether oxygens (including phenoxy) is 1. The lowest BCUT2D eigenvalue weighted by Crippen LogP contribution is -1.96. The molecule has 1 aromatic carbocycles. The summed E-state index contributed by atoms with van der Waals surface area (Å²) in [7, 11) is 0. The Labute approximate surface area is 81.7 Å². The quantitative estimate of drug-likeness (QED) is 0.803. The van der Waals surface area contributed by atoms with Crippen molar-refractivity contribution in [2.45, 2.75) is 13.5 Å². The van der Waals surface area contributed by atoms with Gasteiger partial charge < -0.3 is 14.9 Å². The minimum Gasteiger partial charge on any atom is -0.450 e. The maximum Gasteiger partial charge on any atom is 0.394 e. The van der Waals surface area contributed by atoms with Gasteiger partial charge in [-0.05, 0) is 18.6 Å². The average molecular weight is 192 g/mol. The molecule has 0 aliphatic carbocycles. The third kappa shape index (κ3) is 1.44. The molecule has 2 N–H and O–H groups in total. The predicted octanol–water partition coefficient (Wildman–Crippen LogP) is 1.69. The molecule has 4 heteroatoms. The van der Waals surface area contributed by atoms with Crippen molar-refractivity contribution in [3.05, 3.63) is 23.8 Å². The first-order chi connectivity index (χ1) is 6.85. The number of oxazole rings is 1. The summed E-state index contributed by atoms with van der Waals surface area (Å²) in [6, 6.07) is 5.68. The summed E-state index contributed by atoms with van der Waals surface area (Å²) in [6.45, 7) is 2.89. The fraction of sp³-hybridized carbons (Fsp3) is 0.300. The Kier molecular flexibility index (Phi) is 2.37. The molecule has 0 atom stereocenters. The van der Waals surface area contributed by atoms with Crippen LogP contribution < -0.4 is 10.5 Å². The van der Waals surface area contributed by atoms with Crippen molar-refractivity contribution >= 4 is 11.1 Å². The second-order valence-electron chi connectivity index (χ2n) is 2.88. The van der Waals surface area contributed by atoms with Crippen LogP contribution in [0.15, 0.2) is 22.6 Å². The van der Waals surface area contributed by atoms with E-state index in [2.05, 4.69) is 4.98 Å². The standard InChI is InChI=1S/C10H12N2O2/c1-2-13-10-12-9-7(6-11)4-3-5-8(9)14-10/h3-5H,2,6,11H2,1H3. The number of benzene rings is 1. The van der Waals surface area contributed by atoms with E-state index in [0.29, 0.717) is 19.2 Å². The van der Waals surface area contributed by atoms with E-state index < -0.39 is 0 Å². The maximum atomic E-state index is 5.58. The highest BCUT2D eigenvalue weighted by atomic mass is 16.6. The van der Waals surface area contributed by atoms with E-state index in [4.69, 9.17) is 14.9 Å². The van der Waals surface area contributed by atoms with Crippen molar-refractivity contribution in [2.75, 3.05) is 6.61 Å². The number of rotatable bonds is 3. The second-order valence-corrected chi connectivity index (χ2v) is 2.88. The zero-order valence-electron chi connectivity index (χ0n) is 7.99. The number of aromatic nitrogens is 1. The SMILES string of the molecule is CCOc1nc2c(CN)cccc2o1. The fourth-order valence-corrected chi connectivity index (χ4v) is 1.34. The average Bonchev–Trinajstić information content (AvgIpc) is 2.60. The third-order valence-electron chi connectivity index (χ3n) is 1.97. The Morgan fingerprint density at radius 3 is 3.07 bits per heavy atom. The summed E-state index contributed by atoms with van der Waals surface area (Å²) in [4.78, 5) is 4.20. The smallest absolute Gasteiger partial charge is 0.394 e. The van der Waals surface area contributed by atoms with Crippen LogP contribution in [0.2, 0.25) is 0 Å². The van der Waals surface area contributed by atoms with Crippen LogP contribution in [0.3, 0.4) is 0 Å². The van der Waals surface area contributed by atoms with Gasteiger partial charge in [-0.2, -0.15) is 4.98 Å². The summed E-state index contributed by atoms with van der Waals surface area (Å²) >= 11 is 0. The molecule has 2 aromatic rings. The second kappa shape index (κ2) is 3.67. The first-order valence-corrected chi connectivity index (χ1v) is 4.56. The lowest BCUT2D eigenvalue weighted by molar-refractivity contribution is 0.251. The van der Waals surface area contributed by atoms with E-state index in [9.17, 15) is 0 Å². The Morgan fingerprint density at radius 1 is 1.50 bits per heavy atom. The van der Waals surface area contributed by atoms with Crippen molar-refractivity contribution in [2.24, 2.45) is 5.73 Å². The van der Waals surface area contributed by atoms with Crippen molar-refractivity contribution in [1.29, 1.82) is 0 Å². The van der Waals surface area contributed by atoms with E-state index in [-0.39, 0.29) is 0 Å². The van der Waals surface area contributed by atoms with Crippen molar-refractivity contribution in [3.63, 3.8) is 0 Å². The number of nitrogens with two attached hydrogens (primary N) is 1. The minimum absolute atomic E-state index is 0.309. The van der Waals surface area contributed by atoms with Crippen molar-refractivity contribution in [3.8, 4) is 6.08 Å². The largest absolute Gasteiger partial charge is 0.450 e. The van der Waals surface area contributed by atoms with Gasteiger partial charge in [-0.15, -0.1) is 0 Å². The normalized spacial score (nSPS) is 10.7. The van der Waals surface area contributed by atoms with Gasteiger partial charge in [-0.3, -0.25) is 0 Å². The summed E-state index contributed by atoms with van der Waals surface area (Å²) in [6.07, 6.45) is 0.309. The maximum absolute atomic E-state index is 5.58. The van der Waals surface area contributed by atoms with Gasteiger partial charge in [0.05, 0.1) is 6.61 Å². The van der Waals surface area contributed by atoms with Crippen LogP contribution >= 0.6 is 0 Å². The van der Waals surface area contributed by atoms with Crippen LogP contribution in [-0.4, -0.2) is 11.6 Å². The molecule has 0 spiro atoms. The van der Waals surface area contributed by atoms with Gasteiger partial charge in [0.25, 0.3) is 0 Å². The van der Waals surface area contributed by atoms with Crippen molar-refractivity contribution in [1.82, 2.24) is 4.98 Å². The first-order valence-electron chi connectivity index (χ1n) is 4.56. The zero-order chi connectivity index (χ0) is 9.97. The third-order valence-corrected chi connectivity index (χ3v) is 1.97. The molecule has 1 aromatic heterocycles. The van der Waals surface area contributed by atoms with Crippen molar-refractivity contribution < 1.29 is 9.15 Å². The molecule has 0 aliphatic rings. The molecule has 0 unspecified atom stereocenters. The highest BCUT2D eigenvalue weighted by Crippen LogP contribution is 2.23. The molecule has 0 saturated carbocycles. The van der Waals surface area contributed by atoms with Gasteiger partial charge in [0.1, 0.15) is 5.52 Å². The molecular weight excluding hydrogens is 180 g/mol. The molecule has 0 fully saturated rings. The van der Waals surface area contributed by atoms with Gasteiger partial charge in [0.15, 0.2) is 5.58 Å². The molecule has 74 valence electrons. The Bertz CT molecular complexity index is 437. The molecule has 0 amide bonds. The number of para-hydroxylation sites is 1. The molecule has 0 aliphatic heterocycles. The van der Waals surface area contributed by atoms with Gasteiger partial charge in [0.2, 0.25) is 0 Å². The van der Waals surface area contributed by atoms with Crippen LogP contribution in [0, 0.1) is 0 Å². The fourth-order valence-electron chi connectivity index (χ4n) is 1.34. The minimum atomic E-state index is 0.309. The molecule has 0 bridgehead atoms. The molecular formula is C10H12N2O2. The number of hydrogen-bond acceptors (Lipinski definition) is 4. The molecule has 14 heavy (non-hydrogen) atoms. The summed E-state index contributed by atoms with van der Waals surface area (Å²) < 4.78 is 10.5. The molecule has 2 rings (SSSR count). The summed E-state index contributed by atoms with van der Waals surface area (Å²) in [5.41, 5.74) is 8.06. The van der Waals surface area contributed by atoms with Gasteiger partial charge in [-0.25, -0.2) is 0 Å². The van der Waals surface area contributed by atoms with Gasteiger partial charge in [-0.1, -0.05) is 12.1 Å². The van der Waals surface area contributed by atoms with E-state index >= 15 is 0 Å². The van der Waals surface area contributed by atoms with E-state index in [1.165, 1.54) is 0 Å². The Morgan fingerprint density at radius 2 is 2.36 bits per heavy atom. The molecule has 4 nitrogen and oxygen atoms in total. The topological polar surface area (TPSA) is 61.3 Å². The van der Waals surface area contributed by atoms with E-state index in [0.717, 1.165) is 16.7 Å². The number of hydrogen-bond donors (Lipinski definition) is 1.